The van der Waals surface area contributed by atoms with Crippen LogP contribution in [0.15, 0.2) is 18.2 Å². The summed E-state index contributed by atoms with van der Waals surface area (Å²) in [6.45, 7) is 0.102. The van der Waals surface area contributed by atoms with Crippen molar-refractivity contribution < 1.29 is 14.6 Å². The van der Waals surface area contributed by atoms with Crippen LogP contribution in [-0.4, -0.2) is 24.2 Å². The summed E-state index contributed by atoms with van der Waals surface area (Å²) in [5, 5.41) is 11.3. The Morgan fingerprint density at radius 3 is 3.19 bits per heavy atom. The summed E-state index contributed by atoms with van der Waals surface area (Å²) in [5.74, 6) is 6.22. The number of hydrogen-bond acceptors (Lipinski definition) is 3. The third kappa shape index (κ3) is 2.33. The van der Waals surface area contributed by atoms with Gasteiger partial charge in [-0.25, -0.2) is 0 Å². The van der Waals surface area contributed by atoms with Crippen LogP contribution in [0.5, 0.6) is 5.75 Å². The molecule has 82 valence electrons. The Morgan fingerprint density at radius 2 is 2.38 bits per heavy atom. The van der Waals surface area contributed by atoms with E-state index < -0.39 is 0 Å². The summed E-state index contributed by atoms with van der Waals surface area (Å²) in [5.41, 5.74) is 1.48. The molecule has 0 radical (unpaired) electrons. The molecule has 0 fully saturated rings. The van der Waals surface area contributed by atoms with E-state index >= 15 is 0 Å². The van der Waals surface area contributed by atoms with Crippen molar-refractivity contribution in [3.63, 3.8) is 0 Å². The number of ether oxygens (including phenoxy) is 1. The Hall–Kier alpha value is -1.99. The lowest BCUT2D eigenvalue weighted by Crippen LogP contribution is -2.25. The summed E-state index contributed by atoms with van der Waals surface area (Å²) in [6, 6.07) is 5.34. The Bertz CT molecular complexity index is 471. The van der Waals surface area contributed by atoms with Gasteiger partial charge in [-0.3, -0.25) is 4.79 Å². The fraction of sp³-hybridized carbons (Fsp3) is 0.250. The number of amides is 1. The fourth-order valence-electron chi connectivity index (χ4n) is 1.37. The minimum atomic E-state index is -0.147. The molecule has 0 bridgehead atoms. The maximum Gasteiger partial charge on any atom is 0.262 e. The first-order valence-corrected chi connectivity index (χ1v) is 4.96. The van der Waals surface area contributed by atoms with Crippen LogP contribution in [0.25, 0.3) is 0 Å². The highest BCUT2D eigenvalue weighted by Crippen LogP contribution is 2.28. The molecule has 1 aliphatic heterocycles. The summed E-state index contributed by atoms with van der Waals surface area (Å²) in [7, 11) is 0. The zero-order chi connectivity index (χ0) is 11.4. The zero-order valence-corrected chi connectivity index (χ0v) is 8.62. The van der Waals surface area contributed by atoms with Crippen LogP contribution < -0.4 is 10.1 Å². The number of carbonyl (C=O) groups is 1. The van der Waals surface area contributed by atoms with Crippen molar-refractivity contribution in [2.45, 2.75) is 6.42 Å². The molecule has 0 aliphatic carbocycles. The number of anilines is 1. The topological polar surface area (TPSA) is 58.6 Å². The van der Waals surface area contributed by atoms with Gasteiger partial charge in [0.2, 0.25) is 0 Å². The highest BCUT2D eigenvalue weighted by Gasteiger charge is 2.15. The molecule has 1 amide bonds. The molecule has 4 nitrogen and oxygen atoms in total. The van der Waals surface area contributed by atoms with E-state index in [-0.39, 0.29) is 19.1 Å². The molecular weight excluding hydrogens is 206 g/mol. The molecule has 1 aromatic rings. The SMILES string of the molecule is O=C1COc2cc(C#CCCO)ccc2N1. The van der Waals surface area contributed by atoms with Crippen molar-refractivity contribution in [2.24, 2.45) is 0 Å². The van der Waals surface area contributed by atoms with Crippen molar-refractivity contribution in [3.05, 3.63) is 23.8 Å². The van der Waals surface area contributed by atoms with Gasteiger partial charge in [0.1, 0.15) is 5.75 Å². The Kier molecular flexibility index (Phi) is 3.08. The number of hydrogen-bond donors (Lipinski definition) is 2. The van der Waals surface area contributed by atoms with E-state index in [0.29, 0.717) is 17.9 Å². The number of benzene rings is 1. The van der Waals surface area contributed by atoms with Crippen LogP contribution in [0.1, 0.15) is 12.0 Å². The van der Waals surface area contributed by atoms with Gasteiger partial charge in [-0.15, -0.1) is 0 Å². The molecule has 16 heavy (non-hydrogen) atoms. The average molecular weight is 217 g/mol. The number of fused-ring (bicyclic) bond motifs is 1. The van der Waals surface area contributed by atoms with E-state index in [1.54, 1.807) is 18.2 Å². The molecule has 0 saturated carbocycles. The maximum atomic E-state index is 11.0. The lowest BCUT2D eigenvalue weighted by atomic mass is 10.1. The predicted octanol–water partition coefficient (Wildman–Crippen LogP) is 0.751. The maximum absolute atomic E-state index is 11.0. The van der Waals surface area contributed by atoms with Gasteiger partial charge in [0.25, 0.3) is 5.91 Å². The van der Waals surface area contributed by atoms with Crippen molar-refractivity contribution in [1.82, 2.24) is 0 Å². The lowest BCUT2D eigenvalue weighted by Gasteiger charge is -2.17. The number of carbonyl (C=O) groups excluding carboxylic acids is 1. The first kappa shape index (κ1) is 10.5. The Balaban J connectivity index is 2.20. The first-order valence-electron chi connectivity index (χ1n) is 4.96. The van der Waals surface area contributed by atoms with Crippen LogP contribution in [-0.2, 0) is 4.79 Å². The van der Waals surface area contributed by atoms with E-state index in [4.69, 9.17) is 9.84 Å². The smallest absolute Gasteiger partial charge is 0.262 e. The van der Waals surface area contributed by atoms with Crippen LogP contribution in [0.3, 0.4) is 0 Å². The molecule has 0 spiro atoms. The minimum absolute atomic E-state index is 0.0422. The van der Waals surface area contributed by atoms with E-state index in [1.165, 1.54) is 0 Å². The third-order valence-electron chi connectivity index (χ3n) is 2.08. The fourth-order valence-corrected chi connectivity index (χ4v) is 1.37. The summed E-state index contributed by atoms with van der Waals surface area (Å²) < 4.78 is 5.25. The van der Waals surface area contributed by atoms with Gasteiger partial charge in [0, 0.05) is 12.0 Å². The summed E-state index contributed by atoms with van der Waals surface area (Å²) in [4.78, 5) is 11.0. The Morgan fingerprint density at radius 1 is 1.50 bits per heavy atom. The van der Waals surface area contributed by atoms with Crippen molar-refractivity contribution in [3.8, 4) is 17.6 Å². The van der Waals surface area contributed by atoms with Crippen LogP contribution in [0.2, 0.25) is 0 Å². The van der Waals surface area contributed by atoms with Crippen LogP contribution in [0, 0.1) is 11.8 Å². The van der Waals surface area contributed by atoms with Gasteiger partial charge in [-0.2, -0.15) is 0 Å². The quantitative estimate of drug-likeness (QED) is 0.682. The number of rotatable bonds is 1. The molecule has 1 aliphatic rings. The van der Waals surface area contributed by atoms with Crippen molar-refractivity contribution >= 4 is 11.6 Å². The second kappa shape index (κ2) is 4.69. The normalized spacial score (nSPS) is 12.9. The standard InChI is InChI=1S/C12H11NO3/c14-6-2-1-3-9-4-5-10-11(7-9)16-8-12(15)13-10/h4-5,7,14H,2,6,8H2,(H,13,15). The Labute approximate surface area is 93.2 Å². The number of aliphatic hydroxyl groups excluding tert-OH is 1. The molecule has 2 rings (SSSR count). The molecule has 0 atom stereocenters. The van der Waals surface area contributed by atoms with Crippen molar-refractivity contribution in [2.75, 3.05) is 18.5 Å². The molecular formula is C12H11NO3. The minimum Gasteiger partial charge on any atom is -0.482 e. The third-order valence-corrected chi connectivity index (χ3v) is 2.08. The highest BCUT2D eigenvalue weighted by atomic mass is 16.5. The van der Waals surface area contributed by atoms with Gasteiger partial charge < -0.3 is 15.2 Å². The highest BCUT2D eigenvalue weighted by molar-refractivity contribution is 5.95. The van der Waals surface area contributed by atoms with Gasteiger partial charge in [-0.1, -0.05) is 11.8 Å². The van der Waals surface area contributed by atoms with Crippen LogP contribution >= 0.6 is 0 Å². The average Bonchev–Trinajstić information content (AvgIpc) is 2.29. The lowest BCUT2D eigenvalue weighted by molar-refractivity contribution is -0.118. The second-order valence-electron chi connectivity index (χ2n) is 3.32. The number of nitrogens with one attached hydrogen (secondary N) is 1. The molecule has 2 N–H and O–H groups in total. The molecule has 0 saturated heterocycles. The molecule has 1 heterocycles. The monoisotopic (exact) mass is 217 g/mol. The van der Waals surface area contributed by atoms with Crippen LogP contribution in [0.4, 0.5) is 5.69 Å². The van der Waals surface area contributed by atoms with E-state index in [1.807, 2.05) is 0 Å². The van der Waals surface area contributed by atoms with E-state index in [0.717, 1.165) is 5.56 Å². The van der Waals surface area contributed by atoms with Gasteiger partial charge >= 0.3 is 0 Å². The largest absolute Gasteiger partial charge is 0.482 e. The summed E-state index contributed by atoms with van der Waals surface area (Å²) >= 11 is 0. The van der Waals surface area contributed by atoms with Gasteiger partial charge in [-0.05, 0) is 18.2 Å². The summed E-state index contributed by atoms with van der Waals surface area (Å²) in [6.07, 6.45) is 0.453. The second-order valence-corrected chi connectivity index (χ2v) is 3.32. The molecule has 0 unspecified atom stereocenters. The van der Waals surface area contributed by atoms with Gasteiger partial charge in [0.15, 0.2) is 6.61 Å². The molecule has 0 aromatic heterocycles. The molecule has 4 heteroatoms. The van der Waals surface area contributed by atoms with E-state index in [2.05, 4.69) is 17.2 Å². The zero-order valence-electron chi connectivity index (χ0n) is 8.62. The molecule has 1 aromatic carbocycles. The van der Waals surface area contributed by atoms with E-state index in [9.17, 15) is 4.79 Å². The predicted molar refractivity (Wildman–Crippen MR) is 59.1 cm³/mol. The first-order chi connectivity index (χ1) is 7.79. The van der Waals surface area contributed by atoms with Crippen molar-refractivity contribution in [1.29, 1.82) is 0 Å². The number of aliphatic hydroxyl groups is 1. The van der Waals surface area contributed by atoms with Gasteiger partial charge in [0.05, 0.1) is 12.3 Å².